The first-order valence-corrected chi connectivity index (χ1v) is 8.27. The summed E-state index contributed by atoms with van der Waals surface area (Å²) in [5.41, 5.74) is 2.47. The minimum atomic E-state index is -0.0559. The van der Waals surface area contributed by atoms with Crippen LogP contribution in [0.3, 0.4) is 0 Å². The van der Waals surface area contributed by atoms with E-state index in [9.17, 15) is 4.79 Å². The van der Waals surface area contributed by atoms with Crippen molar-refractivity contribution in [3.8, 4) is 17.2 Å². The first-order chi connectivity index (χ1) is 12.2. The van der Waals surface area contributed by atoms with Crippen LogP contribution in [0.4, 0.5) is 11.4 Å². The van der Waals surface area contributed by atoms with Gasteiger partial charge >= 0.3 is 0 Å². The van der Waals surface area contributed by atoms with Gasteiger partial charge in [0.05, 0.1) is 26.5 Å². The number of carbonyl (C=O) groups excluding carboxylic acids is 1. The Kier molecular flexibility index (Phi) is 3.87. The van der Waals surface area contributed by atoms with Crippen molar-refractivity contribution in [2.24, 2.45) is 0 Å². The lowest BCUT2D eigenvalue weighted by Crippen LogP contribution is -2.47. The Morgan fingerprint density at radius 2 is 1.88 bits per heavy atom. The number of carbonyl (C=O) groups is 1. The van der Waals surface area contributed by atoms with Crippen molar-refractivity contribution in [3.63, 3.8) is 0 Å². The molecule has 0 aromatic heterocycles. The van der Waals surface area contributed by atoms with Gasteiger partial charge in [0.15, 0.2) is 11.5 Å². The largest absolute Gasteiger partial charge is 0.493 e. The Hall–Kier alpha value is -2.89. The molecule has 1 amide bonds. The molecule has 0 atom stereocenters. The molecule has 0 saturated carbocycles. The summed E-state index contributed by atoms with van der Waals surface area (Å²) >= 11 is 0. The van der Waals surface area contributed by atoms with Gasteiger partial charge in [0.1, 0.15) is 18.0 Å². The molecule has 25 heavy (non-hydrogen) atoms. The molecule has 130 valence electrons. The highest BCUT2D eigenvalue weighted by molar-refractivity contribution is 6.09. The van der Waals surface area contributed by atoms with Crippen molar-refractivity contribution < 1.29 is 19.0 Å². The molecule has 0 unspecified atom stereocenters. The zero-order valence-electron chi connectivity index (χ0n) is 14.3. The number of methoxy groups -OCH3 is 2. The molecule has 2 aliphatic rings. The molecule has 0 spiro atoms. The first-order valence-electron chi connectivity index (χ1n) is 8.27. The third-order valence-corrected chi connectivity index (χ3v) is 4.67. The number of ether oxygens (including phenoxy) is 3. The number of hydrogen-bond donors (Lipinski definition) is 0. The van der Waals surface area contributed by atoms with Crippen molar-refractivity contribution in [3.05, 3.63) is 42.0 Å². The Bertz CT molecular complexity index is 821. The molecule has 0 radical (unpaired) electrons. The van der Waals surface area contributed by atoms with Crippen LogP contribution in [-0.4, -0.2) is 46.4 Å². The number of anilines is 2. The molecular formula is C19H20N2O4. The smallest absolute Gasteiger partial charge is 0.258 e. The third kappa shape index (κ3) is 2.54. The van der Waals surface area contributed by atoms with Crippen molar-refractivity contribution in [1.29, 1.82) is 0 Å². The number of hydrogen-bond acceptors (Lipinski definition) is 5. The van der Waals surface area contributed by atoms with Crippen LogP contribution in [0.15, 0.2) is 36.4 Å². The molecule has 0 aliphatic carbocycles. The molecule has 6 heteroatoms. The zero-order chi connectivity index (χ0) is 17.4. The number of amides is 1. The highest BCUT2D eigenvalue weighted by Crippen LogP contribution is 2.43. The summed E-state index contributed by atoms with van der Waals surface area (Å²) in [6.07, 6.45) is 0. The van der Waals surface area contributed by atoms with Crippen molar-refractivity contribution >= 4 is 17.3 Å². The van der Waals surface area contributed by atoms with Gasteiger partial charge in [-0.3, -0.25) is 4.79 Å². The highest BCUT2D eigenvalue weighted by Gasteiger charge is 2.32. The van der Waals surface area contributed by atoms with Gasteiger partial charge in [0.2, 0.25) is 0 Å². The maximum absolute atomic E-state index is 13.1. The molecule has 2 heterocycles. The van der Waals surface area contributed by atoms with Crippen molar-refractivity contribution in [2.75, 3.05) is 50.3 Å². The van der Waals surface area contributed by atoms with Crippen LogP contribution in [0.5, 0.6) is 17.2 Å². The van der Waals surface area contributed by atoms with Crippen LogP contribution >= 0.6 is 0 Å². The minimum absolute atomic E-state index is 0.0559. The van der Waals surface area contributed by atoms with E-state index < -0.39 is 0 Å². The van der Waals surface area contributed by atoms with E-state index in [1.165, 1.54) is 0 Å². The topological polar surface area (TPSA) is 51.2 Å². The van der Waals surface area contributed by atoms with Gasteiger partial charge in [-0.1, -0.05) is 6.07 Å². The molecule has 0 N–H and O–H groups in total. The van der Waals surface area contributed by atoms with Gasteiger partial charge < -0.3 is 24.0 Å². The second-order valence-corrected chi connectivity index (χ2v) is 5.99. The fourth-order valence-electron chi connectivity index (χ4n) is 3.44. The number of benzene rings is 2. The highest BCUT2D eigenvalue weighted by atomic mass is 16.5. The van der Waals surface area contributed by atoms with Crippen LogP contribution in [0.1, 0.15) is 10.4 Å². The van der Waals surface area contributed by atoms with E-state index >= 15 is 0 Å². The van der Waals surface area contributed by atoms with E-state index in [0.717, 1.165) is 30.2 Å². The lowest BCUT2D eigenvalue weighted by atomic mass is 10.1. The van der Waals surface area contributed by atoms with Crippen LogP contribution in [-0.2, 0) is 0 Å². The normalized spacial score (nSPS) is 15.3. The van der Waals surface area contributed by atoms with E-state index in [4.69, 9.17) is 14.2 Å². The fraction of sp³-hybridized carbons (Fsp3) is 0.316. The maximum Gasteiger partial charge on any atom is 0.258 e. The van der Waals surface area contributed by atoms with Gasteiger partial charge in [-0.15, -0.1) is 0 Å². The SMILES string of the molecule is COc1ccc(C(=O)N2CCN3CCOc4cccc2c43)cc1OC. The van der Waals surface area contributed by atoms with Crippen molar-refractivity contribution in [2.45, 2.75) is 0 Å². The summed E-state index contributed by atoms with van der Waals surface area (Å²) in [7, 11) is 3.14. The fourth-order valence-corrected chi connectivity index (χ4v) is 3.44. The van der Waals surface area contributed by atoms with Crippen LogP contribution in [0, 0.1) is 0 Å². The van der Waals surface area contributed by atoms with E-state index in [0.29, 0.717) is 30.2 Å². The molecule has 2 aliphatic heterocycles. The summed E-state index contributed by atoms with van der Waals surface area (Å²) in [4.78, 5) is 17.2. The van der Waals surface area contributed by atoms with Gasteiger partial charge in [0, 0.05) is 18.7 Å². The summed E-state index contributed by atoms with van der Waals surface area (Å²) in [5.74, 6) is 1.94. The number of rotatable bonds is 3. The van der Waals surface area contributed by atoms with E-state index in [1.807, 2.05) is 23.1 Å². The average molecular weight is 340 g/mol. The average Bonchev–Trinajstić information content (AvgIpc) is 2.67. The predicted octanol–water partition coefficient (Wildman–Crippen LogP) is 2.56. The molecule has 0 fully saturated rings. The summed E-state index contributed by atoms with van der Waals surface area (Å²) < 4.78 is 16.3. The molecule has 0 saturated heterocycles. The second kappa shape index (κ2) is 6.20. The van der Waals surface area contributed by atoms with Gasteiger partial charge in [-0.05, 0) is 30.3 Å². The maximum atomic E-state index is 13.1. The quantitative estimate of drug-likeness (QED) is 0.859. The summed E-state index contributed by atoms with van der Waals surface area (Å²) in [6, 6.07) is 11.1. The Morgan fingerprint density at radius 3 is 2.68 bits per heavy atom. The predicted molar refractivity (Wildman–Crippen MR) is 95.4 cm³/mol. The molecule has 2 aromatic rings. The number of nitrogens with zero attached hydrogens (tertiary/aromatic N) is 2. The van der Waals surface area contributed by atoms with Gasteiger partial charge in [-0.25, -0.2) is 0 Å². The Morgan fingerprint density at radius 1 is 1.04 bits per heavy atom. The monoisotopic (exact) mass is 340 g/mol. The molecule has 0 bridgehead atoms. The molecule has 4 rings (SSSR count). The Balaban J connectivity index is 1.72. The van der Waals surface area contributed by atoms with E-state index in [-0.39, 0.29) is 5.91 Å². The lowest BCUT2D eigenvalue weighted by molar-refractivity contribution is 0.0986. The molecule has 6 nitrogen and oxygen atoms in total. The van der Waals surface area contributed by atoms with Gasteiger partial charge in [-0.2, -0.15) is 0 Å². The zero-order valence-corrected chi connectivity index (χ0v) is 14.3. The van der Waals surface area contributed by atoms with Crippen LogP contribution in [0.2, 0.25) is 0 Å². The Labute approximate surface area is 146 Å². The third-order valence-electron chi connectivity index (χ3n) is 4.67. The van der Waals surface area contributed by atoms with E-state index in [1.54, 1.807) is 32.4 Å². The van der Waals surface area contributed by atoms with E-state index in [2.05, 4.69) is 4.90 Å². The summed E-state index contributed by atoms with van der Waals surface area (Å²) in [5, 5.41) is 0. The van der Waals surface area contributed by atoms with Crippen LogP contribution in [0.25, 0.3) is 0 Å². The first kappa shape index (κ1) is 15.6. The summed E-state index contributed by atoms with van der Waals surface area (Å²) in [6.45, 7) is 2.97. The lowest BCUT2D eigenvalue weighted by Gasteiger charge is -2.41. The molecule has 2 aromatic carbocycles. The minimum Gasteiger partial charge on any atom is -0.493 e. The van der Waals surface area contributed by atoms with Crippen LogP contribution < -0.4 is 24.0 Å². The number of para-hydroxylation sites is 1. The standard InChI is InChI=1S/C19H20N2O4/c1-23-15-7-6-13(12-17(15)24-2)19(22)21-9-8-20-10-11-25-16-5-3-4-14(21)18(16)20/h3-7,12H,8-11H2,1-2H3. The van der Waals surface area contributed by atoms with Gasteiger partial charge in [0.25, 0.3) is 5.91 Å². The molecular weight excluding hydrogens is 320 g/mol. The second-order valence-electron chi connectivity index (χ2n) is 5.99. The van der Waals surface area contributed by atoms with Crippen molar-refractivity contribution in [1.82, 2.24) is 0 Å².